The van der Waals surface area contributed by atoms with E-state index >= 15 is 0 Å². The molecule has 1 aliphatic rings. The first-order valence-electron chi connectivity index (χ1n) is 8.22. The maximum atomic E-state index is 12.9. The highest BCUT2D eigenvalue weighted by Gasteiger charge is 2.36. The summed E-state index contributed by atoms with van der Waals surface area (Å²) in [6.45, 7) is 10.0. The molecule has 1 fully saturated rings. The molecule has 1 atom stereocenters. The summed E-state index contributed by atoms with van der Waals surface area (Å²) in [6, 6.07) is 2.18. The molecule has 1 aliphatic heterocycles. The largest absolute Gasteiger partial charge is 0.337 e. The van der Waals surface area contributed by atoms with E-state index in [4.69, 9.17) is 5.73 Å². The lowest BCUT2D eigenvalue weighted by Gasteiger charge is -2.42. The van der Waals surface area contributed by atoms with Crippen LogP contribution in [0.15, 0.2) is 6.07 Å². The molecule has 23 heavy (non-hydrogen) atoms. The second-order valence-electron chi connectivity index (χ2n) is 7.60. The summed E-state index contributed by atoms with van der Waals surface area (Å²) < 4.78 is 1.89. The maximum Gasteiger partial charge on any atom is 0.264 e. The Labute approximate surface area is 141 Å². The van der Waals surface area contributed by atoms with Gasteiger partial charge in [0.05, 0.1) is 10.6 Å². The molecule has 2 N–H and O–H groups in total. The van der Waals surface area contributed by atoms with Crippen LogP contribution in [0.1, 0.15) is 55.4 Å². The Hall–Kier alpha value is -1.40. The summed E-state index contributed by atoms with van der Waals surface area (Å²) in [7, 11) is 1.95. The van der Waals surface area contributed by atoms with Crippen molar-refractivity contribution in [3.8, 4) is 0 Å². The smallest absolute Gasteiger partial charge is 0.264 e. The topological polar surface area (TPSA) is 64.2 Å². The van der Waals surface area contributed by atoms with Crippen LogP contribution in [0.2, 0.25) is 0 Å². The van der Waals surface area contributed by atoms with Gasteiger partial charge in [0.15, 0.2) is 0 Å². The van der Waals surface area contributed by atoms with Gasteiger partial charge in [-0.1, -0.05) is 27.7 Å². The van der Waals surface area contributed by atoms with Gasteiger partial charge in [-0.15, -0.1) is 11.3 Å². The highest BCUT2D eigenvalue weighted by molar-refractivity contribution is 7.20. The second-order valence-corrected chi connectivity index (χ2v) is 8.63. The summed E-state index contributed by atoms with van der Waals surface area (Å²) in [5, 5.41) is 5.70. The van der Waals surface area contributed by atoms with E-state index < -0.39 is 0 Å². The zero-order valence-electron chi connectivity index (χ0n) is 14.6. The van der Waals surface area contributed by atoms with Gasteiger partial charge in [0.25, 0.3) is 5.91 Å². The van der Waals surface area contributed by atoms with Gasteiger partial charge < -0.3 is 10.6 Å². The fourth-order valence-corrected chi connectivity index (χ4v) is 4.35. The molecule has 0 spiro atoms. The molecular weight excluding hydrogens is 308 g/mol. The number of carbonyl (C=O) groups excluding carboxylic acids is 1. The molecule has 5 nitrogen and oxygen atoms in total. The van der Waals surface area contributed by atoms with Gasteiger partial charge in [-0.3, -0.25) is 9.48 Å². The highest BCUT2D eigenvalue weighted by Crippen LogP contribution is 2.34. The molecule has 0 aliphatic carbocycles. The van der Waals surface area contributed by atoms with Crippen LogP contribution in [0.25, 0.3) is 10.2 Å². The first kappa shape index (κ1) is 16.5. The Morgan fingerprint density at radius 3 is 2.78 bits per heavy atom. The van der Waals surface area contributed by atoms with Crippen molar-refractivity contribution in [3.05, 3.63) is 16.6 Å². The number of thiophene rings is 1. The fourth-order valence-electron chi connectivity index (χ4n) is 3.30. The third kappa shape index (κ3) is 2.78. The number of rotatable bonds is 2. The molecule has 2 aromatic rings. The molecule has 0 aromatic carbocycles. The summed E-state index contributed by atoms with van der Waals surface area (Å²) in [4.78, 5) is 16.8. The highest BCUT2D eigenvalue weighted by atomic mass is 32.1. The van der Waals surface area contributed by atoms with E-state index in [0.29, 0.717) is 5.92 Å². The minimum absolute atomic E-state index is 0.0325. The zero-order valence-corrected chi connectivity index (χ0v) is 15.4. The monoisotopic (exact) mass is 334 g/mol. The van der Waals surface area contributed by atoms with E-state index in [9.17, 15) is 4.79 Å². The minimum Gasteiger partial charge on any atom is -0.337 e. The number of hydrogen-bond donors (Lipinski definition) is 1. The molecule has 0 radical (unpaired) electrons. The van der Waals surface area contributed by atoms with Crippen LogP contribution in [-0.2, 0) is 7.05 Å². The van der Waals surface area contributed by atoms with Crippen molar-refractivity contribution in [3.63, 3.8) is 0 Å². The zero-order chi connectivity index (χ0) is 16.9. The number of aryl methyl sites for hydroxylation is 1. The van der Waals surface area contributed by atoms with E-state index in [1.807, 2.05) is 22.7 Å². The van der Waals surface area contributed by atoms with E-state index in [2.05, 4.69) is 32.8 Å². The minimum atomic E-state index is -0.0325. The van der Waals surface area contributed by atoms with Crippen LogP contribution in [0, 0.1) is 5.41 Å². The van der Waals surface area contributed by atoms with Crippen LogP contribution in [-0.4, -0.2) is 39.7 Å². The van der Waals surface area contributed by atoms with E-state index in [1.54, 1.807) is 11.3 Å². The SMILES string of the molecule is CC(C)c1nn(C)c2sc(C(=O)N3CCC(N)C(C)(C)C3)cc12. The number of piperidine rings is 1. The van der Waals surface area contributed by atoms with Crippen molar-refractivity contribution < 1.29 is 4.79 Å². The number of likely N-dealkylation sites (tertiary alicyclic amines) is 1. The molecule has 3 heterocycles. The molecule has 3 rings (SSSR count). The average molecular weight is 334 g/mol. The lowest BCUT2D eigenvalue weighted by molar-refractivity contribution is 0.0537. The van der Waals surface area contributed by atoms with Crippen molar-refractivity contribution in [2.45, 2.75) is 46.1 Å². The fraction of sp³-hybridized carbons (Fsp3) is 0.647. The molecule has 0 bridgehead atoms. The van der Waals surface area contributed by atoms with Gasteiger partial charge >= 0.3 is 0 Å². The van der Waals surface area contributed by atoms with Gasteiger partial charge in [-0.05, 0) is 23.8 Å². The Morgan fingerprint density at radius 2 is 2.17 bits per heavy atom. The average Bonchev–Trinajstić information content (AvgIpc) is 3.02. The van der Waals surface area contributed by atoms with Crippen LogP contribution in [0.3, 0.4) is 0 Å². The van der Waals surface area contributed by atoms with Gasteiger partial charge in [0.2, 0.25) is 0 Å². The maximum absolute atomic E-state index is 12.9. The van der Waals surface area contributed by atoms with Crippen LogP contribution < -0.4 is 5.73 Å². The number of fused-ring (bicyclic) bond motifs is 1. The van der Waals surface area contributed by atoms with Crippen molar-refractivity contribution in [2.75, 3.05) is 13.1 Å². The molecular formula is C17H26N4OS. The number of nitrogens with zero attached hydrogens (tertiary/aromatic N) is 3. The van der Waals surface area contributed by atoms with Crippen molar-refractivity contribution >= 4 is 27.5 Å². The lowest BCUT2D eigenvalue weighted by Crippen LogP contribution is -2.53. The van der Waals surface area contributed by atoms with Crippen LogP contribution >= 0.6 is 11.3 Å². The predicted molar refractivity (Wildman–Crippen MR) is 95.0 cm³/mol. The summed E-state index contributed by atoms with van der Waals surface area (Å²) in [5.74, 6) is 0.476. The number of carbonyl (C=O) groups is 1. The first-order valence-corrected chi connectivity index (χ1v) is 9.03. The normalized spacial score (nSPS) is 21.3. The van der Waals surface area contributed by atoms with Crippen molar-refractivity contribution in [1.29, 1.82) is 0 Å². The Morgan fingerprint density at radius 1 is 1.48 bits per heavy atom. The van der Waals surface area contributed by atoms with Crippen LogP contribution in [0.5, 0.6) is 0 Å². The third-order valence-electron chi connectivity index (χ3n) is 4.90. The molecule has 1 saturated heterocycles. The van der Waals surface area contributed by atoms with Crippen LogP contribution in [0.4, 0.5) is 0 Å². The van der Waals surface area contributed by atoms with E-state index in [0.717, 1.165) is 40.3 Å². The van der Waals surface area contributed by atoms with Gasteiger partial charge in [-0.2, -0.15) is 5.10 Å². The first-order chi connectivity index (χ1) is 10.7. The second kappa shape index (κ2) is 5.60. The van der Waals surface area contributed by atoms with Gasteiger partial charge in [0, 0.05) is 31.6 Å². The van der Waals surface area contributed by atoms with E-state index in [-0.39, 0.29) is 17.4 Å². The van der Waals surface area contributed by atoms with E-state index in [1.165, 1.54) is 0 Å². The Balaban J connectivity index is 1.91. The Kier molecular flexibility index (Phi) is 4.01. The Bertz CT molecular complexity index is 743. The molecule has 1 amide bonds. The molecule has 126 valence electrons. The summed E-state index contributed by atoms with van der Waals surface area (Å²) in [6.07, 6.45) is 0.864. The molecule has 1 unspecified atom stereocenters. The third-order valence-corrected chi connectivity index (χ3v) is 6.09. The van der Waals surface area contributed by atoms with Gasteiger partial charge in [-0.25, -0.2) is 0 Å². The molecule has 2 aromatic heterocycles. The quantitative estimate of drug-likeness (QED) is 0.918. The number of amides is 1. The molecule has 0 saturated carbocycles. The van der Waals surface area contributed by atoms with Crippen molar-refractivity contribution in [1.82, 2.24) is 14.7 Å². The number of hydrogen-bond acceptors (Lipinski definition) is 4. The van der Waals surface area contributed by atoms with Gasteiger partial charge in [0.1, 0.15) is 4.83 Å². The predicted octanol–water partition coefficient (Wildman–Crippen LogP) is 2.96. The standard InChI is InChI=1S/C17H26N4OS/c1-10(2)14-11-8-12(23-16(11)20(5)19-14)15(22)21-7-6-13(18)17(3,4)9-21/h8,10,13H,6-7,9,18H2,1-5H3. The lowest BCUT2D eigenvalue weighted by atomic mass is 9.79. The van der Waals surface area contributed by atoms with Crippen molar-refractivity contribution in [2.24, 2.45) is 18.2 Å². The number of aromatic nitrogens is 2. The summed E-state index contributed by atoms with van der Waals surface area (Å²) in [5.41, 5.74) is 7.22. The summed E-state index contributed by atoms with van der Waals surface area (Å²) >= 11 is 1.54. The molecule has 6 heteroatoms. The number of nitrogens with two attached hydrogens (primary N) is 1.